The van der Waals surface area contributed by atoms with Crippen LogP contribution in [0.15, 0.2) is 24.3 Å². The van der Waals surface area contributed by atoms with Crippen molar-refractivity contribution in [2.75, 3.05) is 40.3 Å². The van der Waals surface area contributed by atoms with Gasteiger partial charge in [-0.2, -0.15) is 0 Å². The minimum atomic E-state index is 0.469. The molecule has 0 bridgehead atoms. The highest BCUT2D eigenvalue weighted by atomic mass is 35.5. The maximum Gasteiger partial charge on any atom is 0.0408 e. The minimum absolute atomic E-state index is 0.469. The van der Waals surface area contributed by atoms with E-state index in [1.807, 2.05) is 12.1 Å². The molecular formula is C17H28ClN3. The molecule has 2 unspecified atom stereocenters. The van der Waals surface area contributed by atoms with Gasteiger partial charge in [0.25, 0.3) is 0 Å². The van der Waals surface area contributed by atoms with Gasteiger partial charge in [0.1, 0.15) is 0 Å². The molecule has 1 N–H and O–H groups in total. The molecule has 1 aliphatic heterocycles. The van der Waals surface area contributed by atoms with E-state index >= 15 is 0 Å². The normalized spacial score (nSPS) is 22.4. The van der Waals surface area contributed by atoms with Crippen LogP contribution in [-0.2, 0) is 6.42 Å². The number of benzene rings is 1. The standard InChI is InChI=1S/C17H28ClN3/c1-4-8-19-16(12-14-6-5-7-15(18)11-14)17-13-20(2)9-10-21(17)3/h5-7,11,16-17,19H,4,8-10,12-13H2,1-3H3. The maximum atomic E-state index is 6.13. The summed E-state index contributed by atoms with van der Waals surface area (Å²) in [4.78, 5) is 4.93. The highest BCUT2D eigenvalue weighted by Crippen LogP contribution is 2.17. The molecule has 118 valence electrons. The first kappa shape index (κ1) is 16.8. The largest absolute Gasteiger partial charge is 0.312 e. The van der Waals surface area contributed by atoms with Gasteiger partial charge in [0.05, 0.1) is 0 Å². The van der Waals surface area contributed by atoms with Crippen molar-refractivity contribution in [3.05, 3.63) is 34.9 Å². The number of likely N-dealkylation sites (N-methyl/N-ethyl adjacent to an activating group) is 2. The third-order valence-electron chi connectivity index (χ3n) is 4.36. The topological polar surface area (TPSA) is 18.5 Å². The Morgan fingerprint density at radius 2 is 2.14 bits per heavy atom. The maximum absolute atomic E-state index is 6.13. The fourth-order valence-electron chi connectivity index (χ4n) is 3.07. The lowest BCUT2D eigenvalue weighted by Crippen LogP contribution is -2.59. The molecule has 1 aromatic rings. The van der Waals surface area contributed by atoms with Crippen molar-refractivity contribution in [2.24, 2.45) is 0 Å². The van der Waals surface area contributed by atoms with Crippen LogP contribution in [0.4, 0.5) is 0 Å². The summed E-state index contributed by atoms with van der Waals surface area (Å²) >= 11 is 6.13. The van der Waals surface area contributed by atoms with Gasteiger partial charge in [0.15, 0.2) is 0 Å². The van der Waals surface area contributed by atoms with Crippen molar-refractivity contribution >= 4 is 11.6 Å². The molecule has 0 aliphatic carbocycles. The Bertz CT molecular complexity index is 438. The second-order valence-corrected chi connectivity index (χ2v) is 6.64. The first-order chi connectivity index (χ1) is 10.1. The molecule has 21 heavy (non-hydrogen) atoms. The monoisotopic (exact) mass is 309 g/mol. The fourth-order valence-corrected chi connectivity index (χ4v) is 3.28. The summed E-state index contributed by atoms with van der Waals surface area (Å²) < 4.78 is 0. The molecule has 1 aliphatic rings. The van der Waals surface area contributed by atoms with E-state index in [2.05, 4.69) is 48.3 Å². The van der Waals surface area contributed by atoms with E-state index in [1.165, 1.54) is 5.56 Å². The Morgan fingerprint density at radius 1 is 1.33 bits per heavy atom. The summed E-state index contributed by atoms with van der Waals surface area (Å²) in [6, 6.07) is 9.28. The van der Waals surface area contributed by atoms with Crippen LogP contribution >= 0.6 is 11.6 Å². The van der Waals surface area contributed by atoms with Crippen LogP contribution < -0.4 is 5.32 Å². The summed E-state index contributed by atoms with van der Waals surface area (Å²) in [5.41, 5.74) is 1.32. The van der Waals surface area contributed by atoms with Crippen LogP contribution in [0, 0.1) is 0 Å². The smallest absolute Gasteiger partial charge is 0.0408 e. The molecule has 0 amide bonds. The van der Waals surface area contributed by atoms with Gasteiger partial charge in [0.2, 0.25) is 0 Å². The Kier molecular flexibility index (Phi) is 6.49. The van der Waals surface area contributed by atoms with Crippen molar-refractivity contribution in [3.8, 4) is 0 Å². The second kappa shape index (κ2) is 8.14. The first-order valence-corrected chi connectivity index (χ1v) is 8.34. The average molecular weight is 310 g/mol. The van der Waals surface area contributed by atoms with E-state index in [0.29, 0.717) is 12.1 Å². The van der Waals surface area contributed by atoms with E-state index in [-0.39, 0.29) is 0 Å². The Morgan fingerprint density at radius 3 is 2.86 bits per heavy atom. The average Bonchev–Trinajstić information content (AvgIpc) is 2.46. The Hall–Kier alpha value is -0.610. The van der Waals surface area contributed by atoms with Crippen LogP contribution in [0.25, 0.3) is 0 Å². The quantitative estimate of drug-likeness (QED) is 0.871. The molecule has 0 radical (unpaired) electrons. The zero-order valence-electron chi connectivity index (χ0n) is 13.5. The van der Waals surface area contributed by atoms with Crippen LogP contribution in [-0.4, -0.2) is 62.2 Å². The van der Waals surface area contributed by atoms with Gasteiger partial charge in [-0.3, -0.25) is 4.90 Å². The summed E-state index contributed by atoms with van der Waals surface area (Å²) in [5, 5.41) is 4.58. The summed E-state index contributed by atoms with van der Waals surface area (Å²) in [6.45, 7) is 6.71. The predicted octanol–water partition coefficient (Wildman–Crippen LogP) is 2.50. The predicted molar refractivity (Wildman–Crippen MR) is 91.2 cm³/mol. The highest BCUT2D eigenvalue weighted by molar-refractivity contribution is 6.30. The van der Waals surface area contributed by atoms with Crippen LogP contribution in [0.3, 0.4) is 0 Å². The van der Waals surface area contributed by atoms with Crippen LogP contribution in [0.2, 0.25) is 5.02 Å². The SMILES string of the molecule is CCCNC(Cc1cccc(Cl)c1)C1CN(C)CCN1C. The lowest BCUT2D eigenvalue weighted by molar-refractivity contribution is 0.0876. The number of nitrogens with zero attached hydrogens (tertiary/aromatic N) is 2. The third-order valence-corrected chi connectivity index (χ3v) is 4.60. The summed E-state index contributed by atoms with van der Waals surface area (Å²) in [6.07, 6.45) is 2.20. The first-order valence-electron chi connectivity index (χ1n) is 7.96. The molecule has 0 saturated carbocycles. The Balaban J connectivity index is 2.09. The van der Waals surface area contributed by atoms with Gasteiger partial charge < -0.3 is 10.2 Å². The number of halogens is 1. The van der Waals surface area contributed by atoms with Gasteiger partial charge in [-0.05, 0) is 51.2 Å². The van der Waals surface area contributed by atoms with E-state index in [0.717, 1.165) is 44.0 Å². The molecule has 0 aromatic heterocycles. The van der Waals surface area contributed by atoms with Gasteiger partial charge in [-0.15, -0.1) is 0 Å². The van der Waals surface area contributed by atoms with Crippen LogP contribution in [0.1, 0.15) is 18.9 Å². The molecule has 0 spiro atoms. The molecular weight excluding hydrogens is 282 g/mol. The highest BCUT2D eigenvalue weighted by Gasteiger charge is 2.29. The lowest BCUT2D eigenvalue weighted by Gasteiger charge is -2.42. The van der Waals surface area contributed by atoms with Crippen molar-refractivity contribution in [3.63, 3.8) is 0 Å². The Labute approximate surface area is 134 Å². The molecule has 2 rings (SSSR count). The number of piperazine rings is 1. The number of nitrogens with one attached hydrogen (secondary N) is 1. The zero-order chi connectivity index (χ0) is 15.2. The number of hydrogen-bond donors (Lipinski definition) is 1. The lowest BCUT2D eigenvalue weighted by atomic mass is 9.96. The van der Waals surface area contributed by atoms with E-state index in [1.54, 1.807) is 0 Å². The molecule has 2 atom stereocenters. The summed E-state index contributed by atoms with van der Waals surface area (Å²) in [7, 11) is 4.46. The van der Waals surface area contributed by atoms with Crippen molar-refractivity contribution in [1.29, 1.82) is 0 Å². The van der Waals surface area contributed by atoms with Crippen molar-refractivity contribution in [2.45, 2.75) is 31.8 Å². The fraction of sp³-hybridized carbons (Fsp3) is 0.647. The third kappa shape index (κ3) is 4.96. The number of hydrogen-bond acceptors (Lipinski definition) is 3. The summed E-state index contributed by atoms with van der Waals surface area (Å²) in [5.74, 6) is 0. The molecule has 1 aromatic carbocycles. The molecule has 1 heterocycles. The molecule has 4 heteroatoms. The minimum Gasteiger partial charge on any atom is -0.312 e. The van der Waals surface area contributed by atoms with Crippen molar-refractivity contribution < 1.29 is 0 Å². The molecule has 1 saturated heterocycles. The molecule has 3 nitrogen and oxygen atoms in total. The van der Waals surface area contributed by atoms with E-state index < -0.39 is 0 Å². The van der Waals surface area contributed by atoms with E-state index in [4.69, 9.17) is 11.6 Å². The molecule has 1 fully saturated rings. The van der Waals surface area contributed by atoms with Crippen LogP contribution in [0.5, 0.6) is 0 Å². The van der Waals surface area contributed by atoms with Gasteiger partial charge >= 0.3 is 0 Å². The van der Waals surface area contributed by atoms with Gasteiger partial charge in [-0.1, -0.05) is 30.7 Å². The van der Waals surface area contributed by atoms with Gasteiger partial charge in [0, 0.05) is 36.7 Å². The van der Waals surface area contributed by atoms with Crippen molar-refractivity contribution in [1.82, 2.24) is 15.1 Å². The van der Waals surface area contributed by atoms with E-state index in [9.17, 15) is 0 Å². The second-order valence-electron chi connectivity index (χ2n) is 6.20. The van der Waals surface area contributed by atoms with Gasteiger partial charge in [-0.25, -0.2) is 0 Å². The zero-order valence-corrected chi connectivity index (χ0v) is 14.2. The number of rotatable bonds is 6.